The summed E-state index contributed by atoms with van der Waals surface area (Å²) in [6.45, 7) is 1.06. The first-order valence-electron chi connectivity index (χ1n) is 12.4. The Bertz CT molecular complexity index is 1360. The maximum absolute atomic E-state index is 13.7. The summed E-state index contributed by atoms with van der Waals surface area (Å²) in [4.78, 5) is 15.6. The van der Waals surface area contributed by atoms with Gasteiger partial charge in [0.15, 0.2) is 0 Å². The van der Waals surface area contributed by atoms with Crippen molar-refractivity contribution in [1.29, 1.82) is 0 Å². The molecule has 1 amide bonds. The molecule has 1 aliphatic rings. The van der Waals surface area contributed by atoms with Crippen molar-refractivity contribution in [2.45, 2.75) is 19.4 Å². The van der Waals surface area contributed by atoms with E-state index in [0.717, 1.165) is 35.4 Å². The summed E-state index contributed by atoms with van der Waals surface area (Å²) in [5.74, 6) is 3.15. The standard InChI is InChI=1S/C30H31N3O4/c1-32-30(37-26-11-7-10-25(18-26)36-3)27(28(31-32)22-8-5-4-6-9-22)20-33(19-21-12-13-21)29(34)23-14-16-24(35-2)17-15-23/h4-11,14-18,21H,12-13,19-20H2,1-3H3. The van der Waals surface area contributed by atoms with Gasteiger partial charge in [-0.2, -0.15) is 5.10 Å². The summed E-state index contributed by atoms with van der Waals surface area (Å²) in [5, 5.41) is 4.83. The highest BCUT2D eigenvalue weighted by Crippen LogP contribution is 2.37. The Kier molecular flexibility index (Phi) is 7.12. The number of rotatable bonds is 10. The molecular weight excluding hydrogens is 466 g/mol. The molecule has 3 aromatic carbocycles. The van der Waals surface area contributed by atoms with E-state index in [9.17, 15) is 4.79 Å². The van der Waals surface area contributed by atoms with Crippen LogP contribution in [0.15, 0.2) is 78.9 Å². The van der Waals surface area contributed by atoms with Crippen molar-refractivity contribution >= 4 is 5.91 Å². The molecule has 1 heterocycles. The van der Waals surface area contributed by atoms with Gasteiger partial charge in [-0.3, -0.25) is 4.79 Å². The van der Waals surface area contributed by atoms with Crippen molar-refractivity contribution in [1.82, 2.24) is 14.7 Å². The van der Waals surface area contributed by atoms with Crippen LogP contribution in [0.4, 0.5) is 0 Å². The van der Waals surface area contributed by atoms with Crippen LogP contribution in [0, 0.1) is 5.92 Å². The van der Waals surface area contributed by atoms with E-state index in [1.54, 1.807) is 18.9 Å². The molecule has 1 fully saturated rings. The number of carbonyl (C=O) groups is 1. The van der Waals surface area contributed by atoms with Gasteiger partial charge < -0.3 is 19.1 Å². The first-order valence-corrected chi connectivity index (χ1v) is 12.4. The number of hydrogen-bond acceptors (Lipinski definition) is 5. The van der Waals surface area contributed by atoms with Gasteiger partial charge >= 0.3 is 0 Å². The van der Waals surface area contributed by atoms with E-state index in [-0.39, 0.29) is 5.91 Å². The molecule has 0 radical (unpaired) electrons. The number of hydrogen-bond donors (Lipinski definition) is 0. The third-order valence-corrected chi connectivity index (χ3v) is 6.54. The van der Waals surface area contributed by atoms with Crippen LogP contribution in [-0.4, -0.2) is 41.4 Å². The van der Waals surface area contributed by atoms with Crippen LogP contribution in [0.5, 0.6) is 23.1 Å². The molecule has 4 aromatic rings. The van der Waals surface area contributed by atoms with Gasteiger partial charge in [-0.05, 0) is 55.2 Å². The molecule has 190 valence electrons. The Labute approximate surface area is 217 Å². The summed E-state index contributed by atoms with van der Waals surface area (Å²) in [6.07, 6.45) is 2.27. The Hall–Kier alpha value is -4.26. The van der Waals surface area contributed by atoms with Crippen molar-refractivity contribution < 1.29 is 19.0 Å². The summed E-state index contributed by atoms with van der Waals surface area (Å²) in [7, 11) is 5.11. The third kappa shape index (κ3) is 5.61. The fourth-order valence-electron chi connectivity index (χ4n) is 4.37. The van der Waals surface area contributed by atoms with Crippen LogP contribution < -0.4 is 14.2 Å². The quantitative estimate of drug-likeness (QED) is 0.271. The van der Waals surface area contributed by atoms with E-state index in [4.69, 9.17) is 19.3 Å². The number of methoxy groups -OCH3 is 2. The van der Waals surface area contributed by atoms with Crippen LogP contribution in [0.25, 0.3) is 11.3 Å². The summed E-state index contributed by atoms with van der Waals surface area (Å²) < 4.78 is 18.8. The predicted octanol–water partition coefficient (Wildman–Crippen LogP) is 5.95. The van der Waals surface area contributed by atoms with Gasteiger partial charge in [0.25, 0.3) is 5.91 Å². The monoisotopic (exact) mass is 497 g/mol. The van der Waals surface area contributed by atoms with Crippen LogP contribution in [0.1, 0.15) is 28.8 Å². The van der Waals surface area contributed by atoms with Gasteiger partial charge in [0.05, 0.1) is 26.3 Å². The van der Waals surface area contributed by atoms with Crippen LogP contribution in [0.2, 0.25) is 0 Å². The maximum atomic E-state index is 13.7. The zero-order valence-corrected chi connectivity index (χ0v) is 21.4. The molecule has 1 aliphatic carbocycles. The van der Waals surface area contributed by atoms with Gasteiger partial charge in [0.2, 0.25) is 5.88 Å². The second-order valence-corrected chi connectivity index (χ2v) is 9.26. The minimum absolute atomic E-state index is 0.0234. The molecule has 0 bridgehead atoms. The molecule has 0 aliphatic heterocycles. The van der Waals surface area contributed by atoms with E-state index in [1.807, 2.05) is 90.8 Å². The summed E-state index contributed by atoms with van der Waals surface area (Å²) >= 11 is 0. The zero-order chi connectivity index (χ0) is 25.8. The normalized spacial score (nSPS) is 12.7. The molecule has 0 unspecified atom stereocenters. The van der Waals surface area contributed by atoms with E-state index >= 15 is 0 Å². The number of carbonyl (C=O) groups excluding carboxylic acids is 1. The average molecular weight is 498 g/mol. The van der Waals surface area contributed by atoms with Crippen LogP contribution >= 0.6 is 0 Å². The number of benzene rings is 3. The molecule has 0 saturated heterocycles. The Balaban J connectivity index is 1.54. The smallest absolute Gasteiger partial charge is 0.254 e. The predicted molar refractivity (Wildman–Crippen MR) is 142 cm³/mol. The number of amides is 1. The first-order chi connectivity index (χ1) is 18.1. The second-order valence-electron chi connectivity index (χ2n) is 9.26. The fraction of sp³-hybridized carbons (Fsp3) is 0.267. The van der Waals surface area contributed by atoms with Gasteiger partial charge in [-0.15, -0.1) is 0 Å². The highest BCUT2D eigenvalue weighted by Gasteiger charge is 2.30. The molecule has 0 atom stereocenters. The molecule has 1 aromatic heterocycles. The maximum Gasteiger partial charge on any atom is 0.254 e. The lowest BCUT2D eigenvalue weighted by molar-refractivity contribution is 0.0734. The van der Waals surface area contributed by atoms with Crippen molar-refractivity contribution in [3.05, 3.63) is 90.0 Å². The minimum atomic E-state index is -0.0234. The summed E-state index contributed by atoms with van der Waals surface area (Å²) in [5.41, 5.74) is 3.25. The van der Waals surface area contributed by atoms with Crippen LogP contribution in [0.3, 0.4) is 0 Å². The van der Waals surface area contributed by atoms with Crippen molar-refractivity contribution in [2.75, 3.05) is 20.8 Å². The molecule has 5 rings (SSSR count). The molecule has 0 N–H and O–H groups in total. The van der Waals surface area contributed by atoms with E-state index in [0.29, 0.717) is 41.9 Å². The van der Waals surface area contributed by atoms with Gasteiger partial charge in [-0.25, -0.2) is 4.68 Å². The second kappa shape index (κ2) is 10.8. The highest BCUT2D eigenvalue weighted by atomic mass is 16.5. The minimum Gasteiger partial charge on any atom is -0.497 e. The lowest BCUT2D eigenvalue weighted by Gasteiger charge is -2.24. The Morgan fingerprint density at radius 1 is 0.919 bits per heavy atom. The molecule has 7 heteroatoms. The van der Waals surface area contributed by atoms with E-state index in [1.165, 1.54) is 0 Å². The molecule has 0 spiro atoms. The SMILES string of the molecule is COc1ccc(C(=O)N(Cc2c(-c3ccccc3)nn(C)c2Oc2cccc(OC)c2)CC2CC2)cc1. The molecule has 1 saturated carbocycles. The van der Waals surface area contributed by atoms with E-state index in [2.05, 4.69) is 0 Å². The zero-order valence-electron chi connectivity index (χ0n) is 21.4. The highest BCUT2D eigenvalue weighted by molar-refractivity contribution is 5.94. The number of aryl methyl sites for hydroxylation is 1. The molecular formula is C30H31N3O4. The van der Waals surface area contributed by atoms with Crippen molar-refractivity contribution in [3.8, 4) is 34.4 Å². The summed E-state index contributed by atoms with van der Waals surface area (Å²) in [6, 6.07) is 24.7. The average Bonchev–Trinajstić information content (AvgIpc) is 3.72. The van der Waals surface area contributed by atoms with E-state index < -0.39 is 0 Å². The fourth-order valence-corrected chi connectivity index (χ4v) is 4.37. The lowest BCUT2D eigenvalue weighted by Crippen LogP contribution is -2.32. The number of ether oxygens (including phenoxy) is 3. The Morgan fingerprint density at radius 2 is 1.62 bits per heavy atom. The third-order valence-electron chi connectivity index (χ3n) is 6.54. The molecule has 37 heavy (non-hydrogen) atoms. The van der Waals surface area contributed by atoms with Gasteiger partial charge in [0.1, 0.15) is 22.9 Å². The number of nitrogens with zero attached hydrogens (tertiary/aromatic N) is 3. The van der Waals surface area contributed by atoms with Gasteiger partial charge in [0, 0.05) is 30.8 Å². The first kappa shape index (κ1) is 24.4. The van der Waals surface area contributed by atoms with Gasteiger partial charge in [-0.1, -0.05) is 36.4 Å². The largest absolute Gasteiger partial charge is 0.497 e. The number of aromatic nitrogens is 2. The topological polar surface area (TPSA) is 65.8 Å². The lowest BCUT2D eigenvalue weighted by atomic mass is 10.1. The Morgan fingerprint density at radius 3 is 2.30 bits per heavy atom. The van der Waals surface area contributed by atoms with Crippen molar-refractivity contribution in [3.63, 3.8) is 0 Å². The van der Waals surface area contributed by atoms with Crippen molar-refractivity contribution in [2.24, 2.45) is 13.0 Å². The molecule has 7 nitrogen and oxygen atoms in total. The van der Waals surface area contributed by atoms with Crippen LogP contribution in [-0.2, 0) is 13.6 Å².